The standard InChI is InChI=1S/C21H24N4O/c1-17(9-10-18-6-3-2-4-7-18)14-20(26)24-15-19-8-5-11-23-21(19)25-13-12-22-16-25/h2-8,11-13,16-17H,9-10,14-15H2,1H3,(H,24,26)/t17-/m1/s1. The van der Waals surface area contributed by atoms with Crippen LogP contribution < -0.4 is 5.32 Å². The smallest absolute Gasteiger partial charge is 0.220 e. The van der Waals surface area contributed by atoms with Crippen LogP contribution in [0, 0.1) is 5.92 Å². The molecule has 0 aliphatic carbocycles. The van der Waals surface area contributed by atoms with Crippen molar-refractivity contribution in [3.63, 3.8) is 0 Å². The third kappa shape index (κ3) is 5.02. The highest BCUT2D eigenvalue weighted by Crippen LogP contribution is 2.14. The van der Waals surface area contributed by atoms with Gasteiger partial charge in [-0.3, -0.25) is 9.36 Å². The highest BCUT2D eigenvalue weighted by molar-refractivity contribution is 5.76. The van der Waals surface area contributed by atoms with Crippen LogP contribution in [0.5, 0.6) is 0 Å². The minimum Gasteiger partial charge on any atom is -0.352 e. The van der Waals surface area contributed by atoms with Crippen LogP contribution in [0.2, 0.25) is 0 Å². The number of aromatic nitrogens is 3. The van der Waals surface area contributed by atoms with Crippen LogP contribution in [0.4, 0.5) is 0 Å². The summed E-state index contributed by atoms with van der Waals surface area (Å²) >= 11 is 0. The van der Waals surface area contributed by atoms with E-state index >= 15 is 0 Å². The van der Waals surface area contributed by atoms with E-state index in [0.29, 0.717) is 18.9 Å². The number of nitrogens with one attached hydrogen (secondary N) is 1. The zero-order chi connectivity index (χ0) is 18.2. The molecule has 0 unspecified atom stereocenters. The highest BCUT2D eigenvalue weighted by atomic mass is 16.1. The number of carbonyl (C=O) groups excluding carboxylic acids is 1. The molecule has 5 nitrogen and oxygen atoms in total. The Bertz CT molecular complexity index is 815. The molecular formula is C21H24N4O. The lowest BCUT2D eigenvalue weighted by atomic mass is 9.98. The van der Waals surface area contributed by atoms with E-state index in [1.807, 2.05) is 29.0 Å². The van der Waals surface area contributed by atoms with Gasteiger partial charge in [0.2, 0.25) is 5.91 Å². The van der Waals surface area contributed by atoms with Gasteiger partial charge in [0.1, 0.15) is 12.1 Å². The Balaban J connectivity index is 1.48. The van der Waals surface area contributed by atoms with Crippen molar-refractivity contribution in [2.45, 2.75) is 32.7 Å². The first kappa shape index (κ1) is 17.9. The molecule has 2 heterocycles. The third-order valence-electron chi connectivity index (χ3n) is 4.39. The molecule has 0 radical (unpaired) electrons. The lowest BCUT2D eigenvalue weighted by Crippen LogP contribution is -2.25. The van der Waals surface area contributed by atoms with Gasteiger partial charge in [0.25, 0.3) is 0 Å². The summed E-state index contributed by atoms with van der Waals surface area (Å²) in [5.41, 5.74) is 2.29. The first-order valence-electron chi connectivity index (χ1n) is 8.95. The first-order chi connectivity index (χ1) is 12.7. The van der Waals surface area contributed by atoms with Gasteiger partial charge in [-0.1, -0.05) is 43.3 Å². The van der Waals surface area contributed by atoms with E-state index in [9.17, 15) is 4.79 Å². The van der Waals surface area contributed by atoms with Crippen LogP contribution in [0.25, 0.3) is 5.82 Å². The van der Waals surface area contributed by atoms with Gasteiger partial charge in [0, 0.05) is 37.1 Å². The van der Waals surface area contributed by atoms with Gasteiger partial charge in [-0.2, -0.15) is 0 Å². The number of hydrogen-bond acceptors (Lipinski definition) is 3. The fraction of sp³-hybridized carbons (Fsp3) is 0.286. The summed E-state index contributed by atoms with van der Waals surface area (Å²) < 4.78 is 1.85. The number of aryl methyl sites for hydroxylation is 1. The zero-order valence-corrected chi connectivity index (χ0v) is 15.0. The van der Waals surface area contributed by atoms with Gasteiger partial charge in [0.15, 0.2) is 0 Å². The van der Waals surface area contributed by atoms with Crippen LogP contribution in [-0.2, 0) is 17.8 Å². The van der Waals surface area contributed by atoms with Crippen molar-refractivity contribution in [1.29, 1.82) is 0 Å². The Morgan fingerprint density at radius 2 is 2.00 bits per heavy atom. The number of hydrogen-bond donors (Lipinski definition) is 1. The molecule has 3 aromatic rings. The summed E-state index contributed by atoms with van der Waals surface area (Å²) in [5.74, 6) is 1.21. The molecule has 1 amide bonds. The van der Waals surface area contributed by atoms with E-state index in [1.165, 1.54) is 5.56 Å². The van der Waals surface area contributed by atoms with Crippen LogP contribution in [0.15, 0.2) is 67.4 Å². The van der Waals surface area contributed by atoms with Gasteiger partial charge < -0.3 is 5.32 Å². The topological polar surface area (TPSA) is 59.8 Å². The average molecular weight is 348 g/mol. The van der Waals surface area contributed by atoms with Crippen LogP contribution in [-0.4, -0.2) is 20.4 Å². The van der Waals surface area contributed by atoms with Gasteiger partial charge in [-0.05, 0) is 30.4 Å². The van der Waals surface area contributed by atoms with E-state index in [0.717, 1.165) is 24.2 Å². The second-order valence-electron chi connectivity index (χ2n) is 6.57. The summed E-state index contributed by atoms with van der Waals surface area (Å²) in [7, 11) is 0. The number of carbonyl (C=O) groups is 1. The van der Waals surface area contributed by atoms with Crippen LogP contribution in [0.1, 0.15) is 30.9 Å². The summed E-state index contributed by atoms with van der Waals surface area (Å²) in [6.45, 7) is 2.59. The minimum absolute atomic E-state index is 0.0750. The summed E-state index contributed by atoms with van der Waals surface area (Å²) in [6, 6.07) is 14.2. The summed E-state index contributed by atoms with van der Waals surface area (Å²) in [6.07, 6.45) is 9.55. The lowest BCUT2D eigenvalue weighted by molar-refractivity contribution is -0.122. The van der Waals surface area contributed by atoms with E-state index in [2.05, 4.69) is 46.5 Å². The van der Waals surface area contributed by atoms with Crippen molar-refractivity contribution in [3.05, 3.63) is 78.5 Å². The molecule has 5 heteroatoms. The van der Waals surface area contributed by atoms with Crippen LogP contribution >= 0.6 is 0 Å². The second-order valence-corrected chi connectivity index (χ2v) is 6.57. The molecule has 2 aromatic heterocycles. The van der Waals surface area contributed by atoms with Gasteiger partial charge in [0.05, 0.1) is 0 Å². The average Bonchev–Trinajstić information content (AvgIpc) is 3.20. The summed E-state index contributed by atoms with van der Waals surface area (Å²) in [5, 5.41) is 3.02. The molecule has 0 aliphatic heterocycles. The molecule has 134 valence electrons. The zero-order valence-electron chi connectivity index (χ0n) is 15.0. The number of amides is 1. The quantitative estimate of drug-likeness (QED) is 0.677. The Labute approximate surface area is 154 Å². The number of rotatable bonds is 8. The molecule has 3 rings (SSSR count). The fourth-order valence-corrected chi connectivity index (χ4v) is 2.93. The van der Waals surface area contributed by atoms with Gasteiger partial charge in [-0.15, -0.1) is 0 Å². The Kier molecular flexibility index (Phi) is 6.14. The first-order valence-corrected chi connectivity index (χ1v) is 8.95. The van der Waals surface area contributed by atoms with Crippen molar-refractivity contribution in [2.24, 2.45) is 5.92 Å². The van der Waals surface area contributed by atoms with Crippen molar-refractivity contribution >= 4 is 5.91 Å². The molecular weight excluding hydrogens is 324 g/mol. The maximum Gasteiger partial charge on any atom is 0.220 e. The van der Waals surface area contributed by atoms with Crippen molar-refractivity contribution < 1.29 is 4.79 Å². The van der Waals surface area contributed by atoms with Gasteiger partial charge in [-0.25, -0.2) is 9.97 Å². The second kappa shape index (κ2) is 8.94. The Morgan fingerprint density at radius 3 is 2.77 bits per heavy atom. The molecule has 0 spiro atoms. The predicted molar refractivity (Wildman–Crippen MR) is 102 cm³/mol. The largest absolute Gasteiger partial charge is 0.352 e. The highest BCUT2D eigenvalue weighted by Gasteiger charge is 2.11. The van der Waals surface area contributed by atoms with Crippen molar-refractivity contribution in [2.75, 3.05) is 0 Å². The van der Waals surface area contributed by atoms with E-state index < -0.39 is 0 Å². The Morgan fingerprint density at radius 1 is 1.15 bits per heavy atom. The lowest BCUT2D eigenvalue weighted by Gasteiger charge is -2.13. The number of imidazole rings is 1. The number of benzene rings is 1. The SMILES string of the molecule is C[C@H](CCc1ccccc1)CC(=O)NCc1cccnc1-n1ccnc1. The fourth-order valence-electron chi connectivity index (χ4n) is 2.93. The van der Waals surface area contributed by atoms with E-state index in [4.69, 9.17) is 0 Å². The van der Waals surface area contributed by atoms with Crippen molar-refractivity contribution in [1.82, 2.24) is 19.9 Å². The predicted octanol–water partition coefficient (Wildman–Crippen LogP) is 3.54. The molecule has 0 bridgehead atoms. The minimum atomic E-state index is 0.0750. The molecule has 0 saturated carbocycles. The number of nitrogens with zero attached hydrogens (tertiary/aromatic N) is 3. The molecule has 26 heavy (non-hydrogen) atoms. The molecule has 0 aliphatic rings. The maximum absolute atomic E-state index is 12.3. The third-order valence-corrected chi connectivity index (χ3v) is 4.39. The maximum atomic E-state index is 12.3. The molecule has 1 atom stereocenters. The normalized spacial score (nSPS) is 11.9. The number of pyridine rings is 1. The molecule has 0 fully saturated rings. The van der Waals surface area contributed by atoms with E-state index in [-0.39, 0.29) is 5.91 Å². The van der Waals surface area contributed by atoms with Gasteiger partial charge >= 0.3 is 0 Å². The summed E-state index contributed by atoms with van der Waals surface area (Å²) in [4.78, 5) is 20.7. The van der Waals surface area contributed by atoms with Crippen molar-refractivity contribution in [3.8, 4) is 5.82 Å². The molecule has 1 aromatic carbocycles. The molecule has 0 saturated heterocycles. The molecule has 1 N–H and O–H groups in total. The monoisotopic (exact) mass is 348 g/mol. The Hall–Kier alpha value is -2.95. The van der Waals surface area contributed by atoms with Crippen LogP contribution in [0.3, 0.4) is 0 Å². The van der Waals surface area contributed by atoms with E-state index in [1.54, 1.807) is 18.7 Å².